The molecule has 1 aliphatic heterocycles. The molecule has 2 amide bonds. The number of aryl methyl sites for hydroxylation is 2. The number of carbonyl (C=O) groups excluding carboxylic acids is 2. The lowest BCUT2D eigenvalue weighted by atomic mass is 10.1. The quantitative estimate of drug-likeness (QED) is 0.878. The number of thiophene rings is 1. The van der Waals surface area contributed by atoms with Crippen molar-refractivity contribution in [2.75, 3.05) is 6.54 Å². The van der Waals surface area contributed by atoms with Crippen molar-refractivity contribution in [1.82, 2.24) is 10.2 Å². The van der Waals surface area contributed by atoms with Crippen LogP contribution >= 0.6 is 11.3 Å². The second-order valence-corrected chi connectivity index (χ2v) is 8.54. The minimum Gasteiger partial charge on any atom is -0.346 e. The number of nitrogens with zero attached hydrogens (tertiary/aromatic N) is 1. The predicted octanol–water partition coefficient (Wildman–Crippen LogP) is 3.51. The molecule has 4 nitrogen and oxygen atoms in total. The summed E-state index contributed by atoms with van der Waals surface area (Å²) in [5.74, 6) is 0.560. The molecule has 0 radical (unpaired) electrons. The lowest BCUT2D eigenvalue weighted by Gasteiger charge is -2.17. The average Bonchev–Trinajstić information content (AvgIpc) is 3.22. The molecule has 4 rings (SSSR count). The van der Waals surface area contributed by atoms with Gasteiger partial charge in [0, 0.05) is 29.8 Å². The molecule has 3 atom stereocenters. The van der Waals surface area contributed by atoms with Crippen molar-refractivity contribution in [2.24, 2.45) is 0 Å². The average molecular weight is 369 g/mol. The lowest BCUT2D eigenvalue weighted by Crippen LogP contribution is -2.37. The molecule has 1 saturated heterocycles. The number of benzene rings is 1. The Labute approximate surface area is 158 Å². The molecule has 3 unspecified atom stereocenters. The molecule has 136 valence electrons. The molecule has 2 aromatic rings. The van der Waals surface area contributed by atoms with E-state index in [9.17, 15) is 9.59 Å². The van der Waals surface area contributed by atoms with Gasteiger partial charge >= 0.3 is 0 Å². The van der Waals surface area contributed by atoms with Crippen molar-refractivity contribution in [3.05, 3.63) is 57.3 Å². The Balaban J connectivity index is 1.37. The zero-order valence-electron chi connectivity index (χ0n) is 15.2. The monoisotopic (exact) mass is 368 g/mol. The van der Waals surface area contributed by atoms with Crippen LogP contribution in [0.4, 0.5) is 0 Å². The van der Waals surface area contributed by atoms with Crippen molar-refractivity contribution in [3.63, 3.8) is 0 Å². The zero-order valence-corrected chi connectivity index (χ0v) is 16.0. The molecule has 1 saturated carbocycles. The van der Waals surface area contributed by atoms with Gasteiger partial charge in [-0.25, -0.2) is 0 Å². The van der Waals surface area contributed by atoms with E-state index in [4.69, 9.17) is 0 Å². The van der Waals surface area contributed by atoms with E-state index in [1.807, 2.05) is 29.2 Å². The first-order valence-corrected chi connectivity index (χ1v) is 10.1. The Hall–Kier alpha value is -2.14. The van der Waals surface area contributed by atoms with Crippen LogP contribution in [0.1, 0.15) is 51.4 Å². The van der Waals surface area contributed by atoms with Gasteiger partial charge in [0.2, 0.25) is 5.91 Å². The topological polar surface area (TPSA) is 49.4 Å². The fourth-order valence-corrected chi connectivity index (χ4v) is 4.99. The lowest BCUT2D eigenvalue weighted by molar-refractivity contribution is -0.128. The maximum atomic E-state index is 12.5. The molecule has 1 aromatic carbocycles. The highest BCUT2D eigenvalue weighted by Gasteiger charge is 2.48. The summed E-state index contributed by atoms with van der Waals surface area (Å²) < 4.78 is 0. The Kier molecular flexibility index (Phi) is 4.57. The summed E-state index contributed by atoms with van der Waals surface area (Å²) in [6.07, 6.45) is 2.38. The maximum absolute atomic E-state index is 12.5. The van der Waals surface area contributed by atoms with Crippen LogP contribution in [0, 0.1) is 6.92 Å². The molecule has 1 aromatic heterocycles. The van der Waals surface area contributed by atoms with Crippen molar-refractivity contribution >= 4 is 23.2 Å². The summed E-state index contributed by atoms with van der Waals surface area (Å²) in [5, 5.41) is 3.07. The first kappa shape index (κ1) is 17.3. The van der Waals surface area contributed by atoms with Crippen LogP contribution in [0.2, 0.25) is 0 Å². The number of nitrogens with one attached hydrogen (secondary N) is 1. The normalized spacial score (nSPS) is 24.8. The number of hydrogen-bond acceptors (Lipinski definition) is 3. The Morgan fingerprint density at radius 3 is 2.77 bits per heavy atom. The number of likely N-dealkylation sites (tertiary alicyclic amines) is 1. The molecule has 2 fully saturated rings. The summed E-state index contributed by atoms with van der Waals surface area (Å²) in [5.41, 5.74) is 2.53. The molecule has 0 spiro atoms. The number of hydrogen-bond donors (Lipinski definition) is 1. The summed E-state index contributed by atoms with van der Waals surface area (Å²) in [4.78, 5) is 28.9. The zero-order chi connectivity index (χ0) is 18.3. The minimum atomic E-state index is -0.0838. The highest BCUT2D eigenvalue weighted by atomic mass is 32.1. The molecule has 2 aliphatic rings. The van der Waals surface area contributed by atoms with Crippen LogP contribution in [0.25, 0.3) is 0 Å². The first-order valence-electron chi connectivity index (χ1n) is 9.31. The third kappa shape index (κ3) is 3.28. The van der Waals surface area contributed by atoms with Crippen molar-refractivity contribution < 1.29 is 9.59 Å². The summed E-state index contributed by atoms with van der Waals surface area (Å²) >= 11 is 1.54. The Bertz CT molecular complexity index is 830. The summed E-state index contributed by atoms with van der Waals surface area (Å²) in [6, 6.07) is 12.6. The largest absolute Gasteiger partial charge is 0.346 e. The standard InChI is InChI=1S/C21H24N2O2S/c1-3-14-9-19(26-13(14)2)21(25)22-16-10-20(24)23(12-16)18-11-17(18)15-7-5-4-6-8-15/h4-9,16-18H,3,10-12H2,1-2H3,(H,22,25). The fourth-order valence-electron chi connectivity index (χ4n) is 3.97. The van der Waals surface area contributed by atoms with Gasteiger partial charge in [-0.3, -0.25) is 9.59 Å². The van der Waals surface area contributed by atoms with Gasteiger partial charge in [-0.15, -0.1) is 11.3 Å². The second-order valence-electron chi connectivity index (χ2n) is 7.29. The van der Waals surface area contributed by atoms with Gasteiger partial charge in [-0.2, -0.15) is 0 Å². The van der Waals surface area contributed by atoms with E-state index in [2.05, 4.69) is 31.3 Å². The van der Waals surface area contributed by atoms with E-state index in [1.54, 1.807) is 0 Å². The van der Waals surface area contributed by atoms with Gasteiger partial charge in [0.25, 0.3) is 5.91 Å². The molecular formula is C21H24N2O2S. The van der Waals surface area contributed by atoms with Crippen molar-refractivity contribution in [2.45, 2.75) is 51.1 Å². The number of carbonyl (C=O) groups is 2. The maximum Gasteiger partial charge on any atom is 0.261 e. The molecule has 2 heterocycles. The van der Waals surface area contributed by atoms with E-state index in [-0.39, 0.29) is 17.9 Å². The van der Waals surface area contributed by atoms with Crippen LogP contribution in [0.15, 0.2) is 36.4 Å². The van der Waals surface area contributed by atoms with Gasteiger partial charge in [0.15, 0.2) is 0 Å². The van der Waals surface area contributed by atoms with Gasteiger partial charge < -0.3 is 10.2 Å². The van der Waals surface area contributed by atoms with E-state index in [1.165, 1.54) is 27.3 Å². The number of rotatable bonds is 5. The van der Waals surface area contributed by atoms with Gasteiger partial charge in [-0.1, -0.05) is 37.3 Å². The molecule has 1 aliphatic carbocycles. The Morgan fingerprint density at radius 2 is 2.08 bits per heavy atom. The molecule has 0 bridgehead atoms. The molecule has 5 heteroatoms. The SMILES string of the molecule is CCc1cc(C(=O)NC2CC(=O)N(C3CC3c3ccccc3)C2)sc1C. The molecular weight excluding hydrogens is 344 g/mol. The minimum absolute atomic E-state index is 0.0483. The van der Waals surface area contributed by atoms with Crippen LogP contribution < -0.4 is 5.32 Å². The van der Waals surface area contributed by atoms with E-state index in [0.717, 1.165) is 17.7 Å². The van der Waals surface area contributed by atoms with E-state index >= 15 is 0 Å². The highest BCUT2D eigenvalue weighted by molar-refractivity contribution is 7.14. The van der Waals surface area contributed by atoms with Gasteiger partial charge in [-0.05, 0) is 37.0 Å². The highest BCUT2D eigenvalue weighted by Crippen LogP contribution is 2.45. The van der Waals surface area contributed by atoms with Gasteiger partial charge in [0.05, 0.1) is 10.9 Å². The van der Waals surface area contributed by atoms with Crippen molar-refractivity contribution in [1.29, 1.82) is 0 Å². The summed E-state index contributed by atoms with van der Waals surface area (Å²) in [6.45, 7) is 4.78. The van der Waals surface area contributed by atoms with E-state index < -0.39 is 0 Å². The third-order valence-electron chi connectivity index (χ3n) is 5.50. The smallest absolute Gasteiger partial charge is 0.261 e. The third-order valence-corrected chi connectivity index (χ3v) is 6.60. The van der Waals surface area contributed by atoms with Crippen LogP contribution in [0.3, 0.4) is 0 Å². The number of amides is 2. The van der Waals surface area contributed by atoms with Crippen LogP contribution in [0.5, 0.6) is 0 Å². The van der Waals surface area contributed by atoms with Crippen LogP contribution in [-0.4, -0.2) is 35.3 Å². The van der Waals surface area contributed by atoms with Gasteiger partial charge in [0.1, 0.15) is 0 Å². The molecule has 26 heavy (non-hydrogen) atoms. The van der Waals surface area contributed by atoms with Crippen LogP contribution in [-0.2, 0) is 11.2 Å². The molecule has 1 N–H and O–H groups in total. The van der Waals surface area contributed by atoms with E-state index in [0.29, 0.717) is 24.9 Å². The first-order chi connectivity index (χ1) is 12.6. The predicted molar refractivity (Wildman–Crippen MR) is 104 cm³/mol. The summed E-state index contributed by atoms with van der Waals surface area (Å²) in [7, 11) is 0. The fraction of sp³-hybridized carbons (Fsp3) is 0.429. The van der Waals surface area contributed by atoms with Crippen molar-refractivity contribution in [3.8, 4) is 0 Å². The Morgan fingerprint density at radius 1 is 1.31 bits per heavy atom. The second kappa shape index (κ2) is 6.88.